The zero-order valence-corrected chi connectivity index (χ0v) is 13.6. The van der Waals surface area contributed by atoms with E-state index in [-0.39, 0.29) is 5.91 Å². The van der Waals surface area contributed by atoms with Crippen LogP contribution in [0.25, 0.3) is 21.9 Å². The van der Waals surface area contributed by atoms with Gasteiger partial charge in [0.05, 0.1) is 5.56 Å². The van der Waals surface area contributed by atoms with Crippen molar-refractivity contribution in [3.8, 4) is 11.1 Å². The third-order valence-corrected chi connectivity index (χ3v) is 4.12. The lowest BCUT2D eigenvalue weighted by Gasteiger charge is -2.11. The van der Waals surface area contributed by atoms with Gasteiger partial charge in [0.15, 0.2) is 0 Å². The summed E-state index contributed by atoms with van der Waals surface area (Å²) in [5, 5.41) is 6.89. The molecule has 3 rings (SSSR count). The van der Waals surface area contributed by atoms with Crippen molar-refractivity contribution in [3.05, 3.63) is 71.8 Å². The number of halogens is 3. The molecular weight excluding hydrogens is 349 g/mol. The van der Waals surface area contributed by atoms with E-state index in [0.717, 1.165) is 40.6 Å². The van der Waals surface area contributed by atoms with Gasteiger partial charge < -0.3 is 0 Å². The molecule has 7 heteroatoms. The molecule has 0 saturated heterocycles. The highest BCUT2D eigenvalue weighted by Gasteiger charge is 2.30. The first-order valence-electron chi connectivity index (χ1n) is 7.26. The third-order valence-electron chi connectivity index (χ3n) is 3.82. The Bertz CT molecular complexity index is 924. The first kappa shape index (κ1) is 17.3. The Kier molecular flexibility index (Phi) is 4.69. The molecule has 0 fully saturated rings. The summed E-state index contributed by atoms with van der Waals surface area (Å²) in [5.41, 5.74) is 1.24. The minimum absolute atomic E-state index is 0.311. The van der Waals surface area contributed by atoms with Crippen molar-refractivity contribution >= 4 is 28.8 Å². The largest absolute Gasteiger partial charge is 0.416 e. The van der Waals surface area contributed by atoms with Crippen LogP contribution in [0.3, 0.4) is 0 Å². The fourth-order valence-electron chi connectivity index (χ4n) is 2.63. The van der Waals surface area contributed by atoms with Crippen molar-refractivity contribution in [3.63, 3.8) is 0 Å². The molecule has 3 aromatic rings. The van der Waals surface area contributed by atoms with Crippen LogP contribution in [0.1, 0.15) is 15.9 Å². The summed E-state index contributed by atoms with van der Waals surface area (Å²) in [4.78, 5) is 11.9. The smallest absolute Gasteiger partial charge is 0.283 e. The molecule has 0 radical (unpaired) electrons. The fraction of sp³-hybridized carbons (Fsp3) is 0.0556. The normalized spacial score (nSPS) is 11.5. The van der Waals surface area contributed by atoms with Gasteiger partial charge in [-0.2, -0.15) is 13.2 Å². The Morgan fingerprint density at radius 3 is 2.36 bits per heavy atom. The van der Waals surface area contributed by atoms with Crippen molar-refractivity contribution in [2.75, 3.05) is 0 Å². The van der Waals surface area contributed by atoms with Gasteiger partial charge in [-0.15, -0.1) is 0 Å². The van der Waals surface area contributed by atoms with E-state index in [9.17, 15) is 18.0 Å². The molecule has 0 heterocycles. The molecule has 0 aliphatic heterocycles. The summed E-state index contributed by atoms with van der Waals surface area (Å²) in [5.74, 6) is -0.311. The van der Waals surface area contributed by atoms with Gasteiger partial charge in [0, 0.05) is 17.7 Å². The van der Waals surface area contributed by atoms with E-state index in [0.29, 0.717) is 11.1 Å². The Morgan fingerprint density at radius 2 is 1.72 bits per heavy atom. The number of benzene rings is 3. The minimum atomic E-state index is -4.36. The number of carbonyl (C=O) groups excluding carboxylic acids is 1. The second-order valence-electron chi connectivity index (χ2n) is 5.37. The van der Waals surface area contributed by atoms with Gasteiger partial charge in [-0.05, 0) is 46.2 Å². The summed E-state index contributed by atoms with van der Waals surface area (Å²) in [7, 11) is 0. The lowest BCUT2D eigenvalue weighted by atomic mass is 9.96. The number of fused-ring (bicyclic) bond motifs is 1. The van der Waals surface area contributed by atoms with Gasteiger partial charge in [-0.3, -0.25) is 14.7 Å². The number of nitrogens with two attached hydrogens (primary N) is 1. The molecule has 128 valence electrons. The monoisotopic (exact) mass is 362 g/mol. The first-order valence-corrected chi connectivity index (χ1v) is 8.14. The summed E-state index contributed by atoms with van der Waals surface area (Å²) >= 11 is 0.722. The molecule has 0 saturated carbocycles. The molecule has 0 aromatic heterocycles. The number of alkyl halides is 3. The van der Waals surface area contributed by atoms with E-state index in [4.69, 9.17) is 5.14 Å². The van der Waals surface area contributed by atoms with E-state index < -0.39 is 11.7 Å². The Morgan fingerprint density at radius 1 is 1.00 bits per heavy atom. The molecule has 3 nitrogen and oxygen atoms in total. The average molecular weight is 362 g/mol. The molecule has 3 N–H and O–H groups in total. The summed E-state index contributed by atoms with van der Waals surface area (Å²) in [6, 6.07) is 15.6. The van der Waals surface area contributed by atoms with Crippen LogP contribution in [-0.2, 0) is 6.18 Å². The highest BCUT2D eigenvalue weighted by atomic mass is 32.2. The maximum absolute atomic E-state index is 12.7. The van der Waals surface area contributed by atoms with Crippen LogP contribution in [0.4, 0.5) is 13.2 Å². The molecule has 0 spiro atoms. The lowest BCUT2D eigenvalue weighted by molar-refractivity contribution is -0.137. The van der Waals surface area contributed by atoms with Gasteiger partial charge in [0.2, 0.25) is 0 Å². The third kappa shape index (κ3) is 3.62. The minimum Gasteiger partial charge on any atom is -0.283 e. The van der Waals surface area contributed by atoms with Crippen molar-refractivity contribution < 1.29 is 18.0 Å². The topological polar surface area (TPSA) is 55.1 Å². The van der Waals surface area contributed by atoms with Gasteiger partial charge in [0.1, 0.15) is 0 Å². The van der Waals surface area contributed by atoms with E-state index in [2.05, 4.69) is 4.72 Å². The van der Waals surface area contributed by atoms with Crippen molar-refractivity contribution in [2.24, 2.45) is 5.14 Å². The molecule has 1 amide bonds. The SMILES string of the molecule is NSNC(=O)c1ccc2c(-c3ccc(C(F)(F)F)cc3)cccc2c1. The number of hydrogen-bond acceptors (Lipinski definition) is 3. The predicted molar refractivity (Wildman–Crippen MR) is 93.6 cm³/mol. The number of nitrogens with one attached hydrogen (secondary N) is 1. The van der Waals surface area contributed by atoms with E-state index in [1.165, 1.54) is 12.1 Å². The summed E-state index contributed by atoms with van der Waals surface area (Å²) < 4.78 is 40.6. The second kappa shape index (κ2) is 6.78. The second-order valence-corrected chi connectivity index (χ2v) is 5.81. The summed E-state index contributed by atoms with van der Waals surface area (Å²) in [6.07, 6.45) is -4.36. The van der Waals surface area contributed by atoms with E-state index >= 15 is 0 Å². The molecular formula is C18H13F3N2OS. The van der Waals surface area contributed by atoms with Crippen molar-refractivity contribution in [1.29, 1.82) is 0 Å². The van der Waals surface area contributed by atoms with Crippen LogP contribution in [0.5, 0.6) is 0 Å². The summed E-state index contributed by atoms with van der Waals surface area (Å²) in [6.45, 7) is 0. The van der Waals surface area contributed by atoms with Crippen molar-refractivity contribution in [1.82, 2.24) is 4.72 Å². The van der Waals surface area contributed by atoms with E-state index in [1.54, 1.807) is 24.3 Å². The molecule has 0 atom stereocenters. The highest BCUT2D eigenvalue weighted by molar-refractivity contribution is 7.95. The van der Waals surface area contributed by atoms with Crippen LogP contribution in [0.15, 0.2) is 60.7 Å². The van der Waals surface area contributed by atoms with Gasteiger partial charge in [-0.25, -0.2) is 0 Å². The van der Waals surface area contributed by atoms with Gasteiger partial charge in [-0.1, -0.05) is 36.4 Å². The standard InChI is InChI=1S/C18H13F3N2OS/c19-18(20,21)14-7-4-11(5-8-14)15-3-1-2-12-10-13(6-9-16(12)15)17(24)23-25-22/h1-10H,22H2,(H,23,24). The Hall–Kier alpha value is -2.51. The average Bonchev–Trinajstić information content (AvgIpc) is 2.60. The Labute approximate surface area is 146 Å². The molecule has 0 unspecified atom stereocenters. The van der Waals surface area contributed by atoms with Crippen LogP contribution in [0, 0.1) is 0 Å². The number of amides is 1. The maximum Gasteiger partial charge on any atom is 0.416 e. The molecule has 25 heavy (non-hydrogen) atoms. The molecule has 0 aliphatic carbocycles. The molecule has 0 aliphatic rings. The number of carbonyl (C=O) groups is 1. The van der Waals surface area contributed by atoms with Crippen LogP contribution >= 0.6 is 12.1 Å². The van der Waals surface area contributed by atoms with Gasteiger partial charge >= 0.3 is 6.18 Å². The number of rotatable bonds is 3. The Balaban J connectivity index is 2.04. The highest BCUT2D eigenvalue weighted by Crippen LogP contribution is 2.33. The zero-order chi connectivity index (χ0) is 18.0. The van der Waals surface area contributed by atoms with Gasteiger partial charge in [0.25, 0.3) is 5.91 Å². The van der Waals surface area contributed by atoms with Crippen LogP contribution < -0.4 is 9.86 Å². The number of hydrogen-bond donors (Lipinski definition) is 2. The maximum atomic E-state index is 12.7. The predicted octanol–water partition coefficient (Wildman–Crippen LogP) is 4.78. The quantitative estimate of drug-likeness (QED) is 0.660. The van der Waals surface area contributed by atoms with Crippen molar-refractivity contribution in [2.45, 2.75) is 6.18 Å². The fourth-order valence-corrected chi connectivity index (χ4v) is 2.85. The van der Waals surface area contributed by atoms with Crippen LogP contribution in [0.2, 0.25) is 0 Å². The molecule has 0 bridgehead atoms. The molecule has 3 aromatic carbocycles. The van der Waals surface area contributed by atoms with Crippen LogP contribution in [-0.4, -0.2) is 5.91 Å². The zero-order valence-electron chi connectivity index (χ0n) is 12.8. The van der Waals surface area contributed by atoms with E-state index in [1.807, 2.05) is 12.1 Å². The first-order chi connectivity index (χ1) is 11.9. The lowest BCUT2D eigenvalue weighted by Crippen LogP contribution is -2.17.